The van der Waals surface area contributed by atoms with Gasteiger partial charge in [0, 0.05) is 42.7 Å². The van der Waals surface area contributed by atoms with E-state index in [2.05, 4.69) is 35.2 Å². The molecule has 36 heavy (non-hydrogen) atoms. The number of hydrogen-bond acceptors (Lipinski definition) is 6. The fourth-order valence-corrected chi connectivity index (χ4v) is 5.16. The van der Waals surface area contributed by atoms with Crippen LogP contribution in [0.25, 0.3) is 11.1 Å². The normalized spacial score (nSPS) is 16.9. The summed E-state index contributed by atoms with van der Waals surface area (Å²) in [5.74, 6) is -0.156. The van der Waals surface area contributed by atoms with Gasteiger partial charge in [-0.25, -0.2) is 4.79 Å². The van der Waals surface area contributed by atoms with E-state index in [4.69, 9.17) is 9.57 Å². The zero-order valence-corrected chi connectivity index (χ0v) is 20.9. The molecule has 1 fully saturated rings. The predicted octanol–water partition coefficient (Wildman–Crippen LogP) is 5.56. The second-order valence-corrected chi connectivity index (χ2v) is 9.30. The van der Waals surface area contributed by atoms with E-state index in [1.54, 1.807) is 0 Å². The first-order chi connectivity index (χ1) is 17.5. The molecule has 1 aliphatic heterocycles. The van der Waals surface area contributed by atoms with E-state index in [9.17, 15) is 9.59 Å². The van der Waals surface area contributed by atoms with Gasteiger partial charge < -0.3 is 14.5 Å². The molecule has 1 unspecified atom stereocenters. The first-order valence-electron chi connectivity index (χ1n) is 12.4. The highest BCUT2D eigenvalue weighted by atomic mass is 16.7. The van der Waals surface area contributed by atoms with Crippen LogP contribution in [-0.2, 0) is 14.4 Å². The van der Waals surface area contributed by atoms with Gasteiger partial charge in [-0.2, -0.15) is 0 Å². The molecule has 184 valence electrons. The van der Waals surface area contributed by atoms with Gasteiger partial charge in [0.05, 0.1) is 18.9 Å². The smallest absolute Gasteiger partial charge is 0.331 e. The van der Waals surface area contributed by atoms with Crippen molar-refractivity contribution < 1.29 is 19.2 Å². The summed E-state index contributed by atoms with van der Waals surface area (Å²) < 4.78 is 5.44. The molecule has 3 aromatic carbocycles. The number of ether oxygens (including phenoxy) is 1. The molecule has 0 N–H and O–H groups in total. The van der Waals surface area contributed by atoms with Crippen molar-refractivity contribution in [1.82, 2.24) is 0 Å². The largest absolute Gasteiger partial charge is 0.378 e. The quantitative estimate of drug-likeness (QED) is 0.199. The van der Waals surface area contributed by atoms with Crippen molar-refractivity contribution in [3.8, 4) is 11.1 Å². The summed E-state index contributed by atoms with van der Waals surface area (Å²) in [6, 6.07) is 20.1. The van der Waals surface area contributed by atoms with Crippen LogP contribution in [0.1, 0.15) is 65.7 Å². The number of nitrogens with zero attached hydrogens (tertiary/aromatic N) is 2. The van der Waals surface area contributed by atoms with Crippen LogP contribution < -0.4 is 4.90 Å². The van der Waals surface area contributed by atoms with Crippen LogP contribution >= 0.6 is 0 Å². The molecule has 0 spiro atoms. The lowest BCUT2D eigenvalue weighted by atomic mass is 9.93. The summed E-state index contributed by atoms with van der Waals surface area (Å²) in [4.78, 5) is 31.7. The molecular formula is C30H30N2O4. The van der Waals surface area contributed by atoms with E-state index in [-0.39, 0.29) is 11.7 Å². The van der Waals surface area contributed by atoms with Crippen LogP contribution in [0.4, 0.5) is 5.69 Å². The average Bonchev–Trinajstić information content (AvgIpc) is 3.24. The standard InChI is InChI=1S/C30H30N2O4/c1-4-25-26-11-7-22(19(2)31-36-20(3)33)17-28(26)29-18-23(8-12-27(25)29)30(34)21-5-9-24(10-6-21)32-13-15-35-16-14-32/h5-12,17-18,25H,4,13-16H2,1-3H3. The fraction of sp³-hybridized carbons (Fsp3) is 0.300. The molecule has 1 heterocycles. The van der Waals surface area contributed by atoms with Crippen molar-refractivity contribution in [2.45, 2.75) is 33.1 Å². The van der Waals surface area contributed by atoms with Gasteiger partial charge in [-0.15, -0.1) is 0 Å². The van der Waals surface area contributed by atoms with Crippen molar-refractivity contribution >= 4 is 23.2 Å². The Morgan fingerprint density at radius 2 is 1.47 bits per heavy atom. The van der Waals surface area contributed by atoms with Gasteiger partial charge in [0.2, 0.25) is 0 Å². The summed E-state index contributed by atoms with van der Waals surface area (Å²) in [6.45, 7) is 8.51. The molecule has 1 saturated heterocycles. The highest BCUT2D eigenvalue weighted by molar-refractivity contribution is 6.10. The highest BCUT2D eigenvalue weighted by Crippen LogP contribution is 2.47. The van der Waals surface area contributed by atoms with Crippen LogP contribution in [0.3, 0.4) is 0 Å². The van der Waals surface area contributed by atoms with Gasteiger partial charge >= 0.3 is 5.97 Å². The lowest BCUT2D eigenvalue weighted by Crippen LogP contribution is -2.36. The molecule has 0 bridgehead atoms. The maximum atomic E-state index is 13.4. The van der Waals surface area contributed by atoms with Crippen molar-refractivity contribution in [3.63, 3.8) is 0 Å². The molecule has 0 radical (unpaired) electrons. The van der Waals surface area contributed by atoms with Gasteiger partial charge in [-0.3, -0.25) is 4.79 Å². The molecule has 0 amide bonds. The molecule has 6 nitrogen and oxygen atoms in total. The van der Waals surface area contributed by atoms with Crippen LogP contribution in [0, 0.1) is 0 Å². The molecule has 1 aliphatic carbocycles. The van der Waals surface area contributed by atoms with E-state index in [1.807, 2.05) is 49.4 Å². The number of oxime groups is 1. The summed E-state index contributed by atoms with van der Waals surface area (Å²) in [5, 5.41) is 3.94. The molecular weight excluding hydrogens is 452 g/mol. The van der Waals surface area contributed by atoms with E-state index in [1.165, 1.54) is 18.1 Å². The number of carbonyl (C=O) groups is 2. The Labute approximate surface area is 211 Å². The molecule has 0 saturated carbocycles. The maximum absolute atomic E-state index is 13.4. The van der Waals surface area contributed by atoms with E-state index >= 15 is 0 Å². The number of morpholine rings is 1. The third-order valence-electron chi connectivity index (χ3n) is 7.05. The van der Waals surface area contributed by atoms with Gasteiger partial charge in [-0.05, 0) is 77.6 Å². The molecule has 0 aromatic heterocycles. The Morgan fingerprint density at radius 3 is 2.08 bits per heavy atom. The molecule has 6 heteroatoms. The number of fused-ring (bicyclic) bond motifs is 3. The lowest BCUT2D eigenvalue weighted by molar-refractivity contribution is -0.140. The van der Waals surface area contributed by atoms with Gasteiger partial charge in [0.1, 0.15) is 0 Å². The molecule has 5 rings (SSSR count). The summed E-state index contributed by atoms with van der Waals surface area (Å²) in [5.41, 5.74) is 8.63. The molecule has 2 aliphatic rings. The Kier molecular flexibility index (Phi) is 6.70. The van der Waals surface area contributed by atoms with Gasteiger partial charge in [-0.1, -0.05) is 36.3 Å². The Bertz CT molecular complexity index is 1340. The van der Waals surface area contributed by atoms with Crippen LogP contribution in [0.2, 0.25) is 0 Å². The van der Waals surface area contributed by atoms with Gasteiger partial charge in [0.15, 0.2) is 5.78 Å². The maximum Gasteiger partial charge on any atom is 0.331 e. The third kappa shape index (κ3) is 4.56. The number of hydrogen-bond donors (Lipinski definition) is 0. The number of rotatable bonds is 6. The predicted molar refractivity (Wildman–Crippen MR) is 141 cm³/mol. The molecule has 3 aromatic rings. The minimum atomic E-state index is -0.451. The SMILES string of the molecule is CCC1c2ccc(C(=O)c3ccc(N4CCOCC4)cc3)cc2-c2cc(C(C)=NOC(C)=O)ccc21. The molecule has 1 atom stereocenters. The second-order valence-electron chi connectivity index (χ2n) is 9.30. The van der Waals surface area contributed by atoms with Crippen molar-refractivity contribution in [2.24, 2.45) is 5.16 Å². The monoisotopic (exact) mass is 482 g/mol. The Hall–Kier alpha value is -3.77. The van der Waals surface area contributed by atoms with Crippen molar-refractivity contribution in [3.05, 3.63) is 88.5 Å². The summed E-state index contributed by atoms with van der Waals surface area (Å²) in [7, 11) is 0. The highest BCUT2D eigenvalue weighted by Gasteiger charge is 2.29. The summed E-state index contributed by atoms with van der Waals surface area (Å²) >= 11 is 0. The third-order valence-corrected chi connectivity index (χ3v) is 7.05. The van der Waals surface area contributed by atoms with Gasteiger partial charge in [0.25, 0.3) is 0 Å². The van der Waals surface area contributed by atoms with Crippen molar-refractivity contribution in [1.29, 1.82) is 0 Å². The van der Waals surface area contributed by atoms with Crippen LogP contribution in [0.15, 0.2) is 65.8 Å². The van der Waals surface area contributed by atoms with E-state index in [0.29, 0.717) is 16.8 Å². The first-order valence-corrected chi connectivity index (χ1v) is 12.4. The topological polar surface area (TPSA) is 68.2 Å². The lowest BCUT2D eigenvalue weighted by Gasteiger charge is -2.28. The van der Waals surface area contributed by atoms with Crippen LogP contribution in [0.5, 0.6) is 0 Å². The minimum Gasteiger partial charge on any atom is -0.378 e. The Balaban J connectivity index is 1.46. The number of ketones is 1. The minimum absolute atomic E-state index is 0.0107. The zero-order valence-electron chi connectivity index (χ0n) is 20.9. The fourth-order valence-electron chi connectivity index (χ4n) is 5.16. The number of anilines is 1. The van der Waals surface area contributed by atoms with E-state index in [0.717, 1.165) is 55.1 Å². The summed E-state index contributed by atoms with van der Waals surface area (Å²) in [6.07, 6.45) is 0.968. The zero-order chi connectivity index (χ0) is 25.2. The van der Waals surface area contributed by atoms with Crippen LogP contribution in [-0.4, -0.2) is 43.8 Å². The first kappa shape index (κ1) is 23.9. The Morgan fingerprint density at radius 1 is 0.889 bits per heavy atom. The number of carbonyl (C=O) groups excluding carboxylic acids is 2. The van der Waals surface area contributed by atoms with Crippen molar-refractivity contribution in [2.75, 3.05) is 31.2 Å². The second kappa shape index (κ2) is 10.1. The number of benzene rings is 3. The van der Waals surface area contributed by atoms with E-state index < -0.39 is 5.97 Å². The average molecular weight is 483 g/mol.